The summed E-state index contributed by atoms with van der Waals surface area (Å²) in [5.41, 5.74) is 10.1. The van der Waals surface area contributed by atoms with Gasteiger partial charge in [-0.15, -0.1) is 0 Å². The molecule has 0 saturated heterocycles. The van der Waals surface area contributed by atoms with Gasteiger partial charge in [0.05, 0.1) is 7.11 Å². The second kappa shape index (κ2) is 6.55. The Bertz CT molecular complexity index is 678. The Labute approximate surface area is 136 Å². The van der Waals surface area contributed by atoms with Crippen LogP contribution in [0.4, 0.5) is 0 Å². The smallest absolute Gasteiger partial charge is 0.118 e. The minimum Gasteiger partial charge on any atom is -0.497 e. The first kappa shape index (κ1) is 15.1. The molecule has 0 unspecified atom stereocenters. The van der Waals surface area contributed by atoms with Crippen LogP contribution < -0.4 is 10.5 Å². The van der Waals surface area contributed by atoms with Gasteiger partial charge in [0.15, 0.2) is 0 Å². The normalized spacial score (nSPS) is 21.3. The van der Waals surface area contributed by atoms with Crippen molar-refractivity contribution in [2.75, 3.05) is 7.11 Å². The summed E-state index contributed by atoms with van der Waals surface area (Å²) in [7, 11) is 1.68. The van der Waals surface area contributed by atoms with E-state index in [1.807, 2.05) is 30.3 Å². The van der Waals surface area contributed by atoms with E-state index in [9.17, 15) is 0 Å². The van der Waals surface area contributed by atoms with Crippen molar-refractivity contribution < 1.29 is 4.74 Å². The average molecular weight is 314 g/mol. The maximum atomic E-state index is 6.44. The molecule has 0 saturated carbocycles. The molecule has 3 rings (SSSR count). The predicted molar refractivity (Wildman–Crippen MR) is 92.4 cm³/mol. The van der Waals surface area contributed by atoms with Crippen LogP contribution in [0, 0.1) is 0 Å². The lowest BCUT2D eigenvalue weighted by atomic mass is 9.79. The molecule has 0 aliphatic heterocycles. The Kier molecular flexibility index (Phi) is 4.51. The molecule has 22 heavy (non-hydrogen) atoms. The molecule has 0 radical (unpaired) electrons. The van der Waals surface area contributed by atoms with Gasteiger partial charge in [0.25, 0.3) is 0 Å². The standard InChI is InChI=1S/C19H20ClNO/c1-22-15-9-6-13(7-10-15)14-8-11-17(19(21)12-14)16-4-2-3-5-18(16)20/h2-10,17,19H,11-12,21H2,1H3/t17-,19+/m0/s1. The molecular weight excluding hydrogens is 294 g/mol. The van der Waals surface area contributed by atoms with E-state index in [-0.39, 0.29) is 12.0 Å². The van der Waals surface area contributed by atoms with Crippen molar-refractivity contribution in [3.63, 3.8) is 0 Å². The fourth-order valence-corrected chi connectivity index (χ4v) is 3.37. The van der Waals surface area contributed by atoms with E-state index in [4.69, 9.17) is 22.1 Å². The largest absolute Gasteiger partial charge is 0.497 e. The zero-order chi connectivity index (χ0) is 15.5. The van der Waals surface area contributed by atoms with Crippen LogP contribution in [-0.4, -0.2) is 13.2 Å². The molecule has 2 aromatic carbocycles. The van der Waals surface area contributed by atoms with Crippen molar-refractivity contribution in [1.29, 1.82) is 0 Å². The third-order valence-corrected chi connectivity index (χ3v) is 4.70. The first-order valence-corrected chi connectivity index (χ1v) is 7.90. The number of methoxy groups -OCH3 is 1. The maximum absolute atomic E-state index is 6.44. The highest BCUT2D eigenvalue weighted by atomic mass is 35.5. The van der Waals surface area contributed by atoms with E-state index in [0.717, 1.165) is 29.2 Å². The summed E-state index contributed by atoms with van der Waals surface area (Å²) >= 11 is 6.32. The van der Waals surface area contributed by atoms with Crippen LogP contribution in [0.2, 0.25) is 5.02 Å². The minimum absolute atomic E-state index is 0.0852. The molecule has 0 fully saturated rings. The van der Waals surface area contributed by atoms with E-state index in [2.05, 4.69) is 24.3 Å². The molecule has 0 aromatic heterocycles. The second-order valence-corrected chi connectivity index (χ2v) is 6.10. The quantitative estimate of drug-likeness (QED) is 0.896. The van der Waals surface area contributed by atoms with Crippen molar-refractivity contribution in [1.82, 2.24) is 0 Å². The van der Waals surface area contributed by atoms with Gasteiger partial charge in [0, 0.05) is 17.0 Å². The number of ether oxygens (including phenoxy) is 1. The Hall–Kier alpha value is -1.77. The summed E-state index contributed by atoms with van der Waals surface area (Å²) < 4.78 is 5.21. The van der Waals surface area contributed by atoms with Crippen LogP contribution in [0.1, 0.15) is 29.9 Å². The summed E-state index contributed by atoms with van der Waals surface area (Å²) in [6.45, 7) is 0. The van der Waals surface area contributed by atoms with Gasteiger partial charge >= 0.3 is 0 Å². The molecule has 1 aliphatic rings. The van der Waals surface area contributed by atoms with Crippen molar-refractivity contribution in [2.45, 2.75) is 24.8 Å². The first-order valence-electron chi connectivity index (χ1n) is 7.52. The third kappa shape index (κ3) is 3.03. The number of rotatable bonds is 3. The van der Waals surface area contributed by atoms with E-state index in [0.29, 0.717) is 0 Å². The first-order chi connectivity index (χ1) is 10.7. The lowest BCUT2D eigenvalue weighted by Crippen LogP contribution is -2.31. The van der Waals surface area contributed by atoms with E-state index in [1.165, 1.54) is 11.1 Å². The monoisotopic (exact) mass is 313 g/mol. The average Bonchev–Trinajstić information content (AvgIpc) is 2.56. The molecule has 0 amide bonds. The van der Waals surface area contributed by atoms with Gasteiger partial charge in [0.1, 0.15) is 5.75 Å². The van der Waals surface area contributed by atoms with Crippen molar-refractivity contribution in [2.24, 2.45) is 5.73 Å². The van der Waals surface area contributed by atoms with Gasteiger partial charge < -0.3 is 10.5 Å². The molecule has 2 N–H and O–H groups in total. The number of hydrogen-bond acceptors (Lipinski definition) is 2. The number of allylic oxidation sites excluding steroid dienone is 1. The SMILES string of the molecule is COc1ccc(C2=CC[C@@H](c3ccccc3Cl)[C@H](N)C2)cc1. The molecular formula is C19H20ClNO. The highest BCUT2D eigenvalue weighted by Crippen LogP contribution is 2.38. The van der Waals surface area contributed by atoms with E-state index < -0.39 is 0 Å². The van der Waals surface area contributed by atoms with Gasteiger partial charge in [-0.25, -0.2) is 0 Å². The van der Waals surface area contributed by atoms with Gasteiger partial charge in [0.2, 0.25) is 0 Å². The van der Waals surface area contributed by atoms with Gasteiger partial charge in [-0.1, -0.05) is 48.0 Å². The summed E-state index contributed by atoms with van der Waals surface area (Å²) in [5.74, 6) is 1.16. The van der Waals surface area contributed by atoms with Crippen LogP contribution in [-0.2, 0) is 0 Å². The van der Waals surface area contributed by atoms with Crippen LogP contribution in [0.5, 0.6) is 5.75 Å². The Morgan fingerprint density at radius 2 is 1.82 bits per heavy atom. The molecule has 3 heteroatoms. The number of halogens is 1. The lowest BCUT2D eigenvalue weighted by Gasteiger charge is -2.29. The fraction of sp³-hybridized carbons (Fsp3) is 0.263. The van der Waals surface area contributed by atoms with Crippen molar-refractivity contribution in [3.05, 3.63) is 70.8 Å². The Morgan fingerprint density at radius 1 is 1.09 bits per heavy atom. The van der Waals surface area contributed by atoms with Crippen LogP contribution >= 0.6 is 11.6 Å². The zero-order valence-corrected chi connectivity index (χ0v) is 13.4. The number of nitrogens with two attached hydrogens (primary N) is 1. The van der Waals surface area contributed by atoms with Crippen LogP contribution in [0.25, 0.3) is 5.57 Å². The highest BCUT2D eigenvalue weighted by Gasteiger charge is 2.26. The topological polar surface area (TPSA) is 35.2 Å². The zero-order valence-electron chi connectivity index (χ0n) is 12.6. The maximum Gasteiger partial charge on any atom is 0.118 e. The van der Waals surface area contributed by atoms with Gasteiger partial charge in [-0.05, 0) is 47.7 Å². The molecule has 2 nitrogen and oxygen atoms in total. The predicted octanol–water partition coefficient (Wildman–Crippen LogP) is 4.64. The summed E-state index contributed by atoms with van der Waals surface area (Å²) in [6.07, 6.45) is 4.08. The Balaban J connectivity index is 1.82. The van der Waals surface area contributed by atoms with Crippen molar-refractivity contribution in [3.8, 4) is 5.75 Å². The molecule has 2 aromatic rings. The lowest BCUT2D eigenvalue weighted by molar-refractivity contribution is 0.414. The molecule has 0 bridgehead atoms. The number of benzene rings is 2. The van der Waals surface area contributed by atoms with E-state index >= 15 is 0 Å². The molecule has 1 aliphatic carbocycles. The van der Waals surface area contributed by atoms with Crippen molar-refractivity contribution >= 4 is 17.2 Å². The fourth-order valence-electron chi connectivity index (χ4n) is 3.10. The van der Waals surface area contributed by atoms with E-state index in [1.54, 1.807) is 7.11 Å². The molecule has 114 valence electrons. The third-order valence-electron chi connectivity index (χ3n) is 4.36. The number of hydrogen-bond donors (Lipinski definition) is 1. The summed E-state index contributed by atoms with van der Waals surface area (Å²) in [6, 6.07) is 16.2. The summed E-state index contributed by atoms with van der Waals surface area (Å²) in [4.78, 5) is 0. The molecule has 0 heterocycles. The highest BCUT2D eigenvalue weighted by molar-refractivity contribution is 6.31. The molecule has 2 atom stereocenters. The minimum atomic E-state index is 0.0852. The van der Waals surface area contributed by atoms with Gasteiger partial charge in [-0.3, -0.25) is 0 Å². The van der Waals surface area contributed by atoms with Crippen LogP contribution in [0.15, 0.2) is 54.6 Å². The summed E-state index contributed by atoms with van der Waals surface area (Å²) in [5, 5.41) is 0.809. The van der Waals surface area contributed by atoms with Gasteiger partial charge in [-0.2, -0.15) is 0 Å². The second-order valence-electron chi connectivity index (χ2n) is 5.69. The van der Waals surface area contributed by atoms with Crippen LogP contribution in [0.3, 0.4) is 0 Å². The molecule has 0 spiro atoms. The Morgan fingerprint density at radius 3 is 2.45 bits per heavy atom.